The van der Waals surface area contributed by atoms with Crippen LogP contribution >= 0.6 is 27.3 Å². The van der Waals surface area contributed by atoms with Gasteiger partial charge in [0.25, 0.3) is 0 Å². The molecule has 0 radical (unpaired) electrons. The molecule has 28 heavy (non-hydrogen) atoms. The standard InChI is InChI=1S/C24H19BrO2S/c1-16-13-18(27-12-11-25)14-20(17-7-3-2-4-8-17)23(16)24(26)21-15-28-22-10-6-5-9-19(21)22/h2-10,13-15H,11-12H2,1H3. The highest BCUT2D eigenvalue weighted by Crippen LogP contribution is 2.35. The average molecular weight is 451 g/mol. The van der Waals surface area contributed by atoms with Crippen molar-refractivity contribution in [2.75, 3.05) is 11.9 Å². The lowest BCUT2D eigenvalue weighted by atomic mass is 9.90. The molecule has 140 valence electrons. The number of thiophene rings is 1. The minimum Gasteiger partial charge on any atom is -0.493 e. The Morgan fingerprint density at radius 1 is 1.04 bits per heavy atom. The minimum absolute atomic E-state index is 0.0563. The summed E-state index contributed by atoms with van der Waals surface area (Å²) >= 11 is 5.01. The van der Waals surface area contributed by atoms with Gasteiger partial charge < -0.3 is 4.74 Å². The number of alkyl halides is 1. The van der Waals surface area contributed by atoms with Crippen molar-refractivity contribution in [2.45, 2.75) is 6.92 Å². The molecule has 0 N–H and O–H groups in total. The molecular weight excluding hydrogens is 432 g/mol. The Bertz CT molecular complexity index is 1130. The summed E-state index contributed by atoms with van der Waals surface area (Å²) in [6.07, 6.45) is 0. The zero-order valence-electron chi connectivity index (χ0n) is 15.4. The van der Waals surface area contributed by atoms with Crippen molar-refractivity contribution in [1.82, 2.24) is 0 Å². The van der Waals surface area contributed by atoms with Crippen LogP contribution in [0.4, 0.5) is 0 Å². The SMILES string of the molecule is Cc1cc(OCCBr)cc(-c2ccccc2)c1C(=O)c1csc2ccccc12. The fourth-order valence-electron chi connectivity index (χ4n) is 3.43. The lowest BCUT2D eigenvalue weighted by Gasteiger charge is -2.15. The van der Waals surface area contributed by atoms with Crippen molar-refractivity contribution in [3.05, 3.63) is 88.8 Å². The van der Waals surface area contributed by atoms with Crippen molar-refractivity contribution in [1.29, 1.82) is 0 Å². The molecule has 4 rings (SSSR count). The molecule has 0 unspecified atom stereocenters. The molecule has 0 aliphatic rings. The zero-order valence-corrected chi connectivity index (χ0v) is 17.8. The Balaban J connectivity index is 1.89. The first-order valence-corrected chi connectivity index (χ1v) is 11.1. The van der Waals surface area contributed by atoms with E-state index in [9.17, 15) is 4.79 Å². The van der Waals surface area contributed by atoms with E-state index in [1.807, 2.05) is 73.0 Å². The number of hydrogen-bond acceptors (Lipinski definition) is 3. The molecule has 0 spiro atoms. The second kappa shape index (κ2) is 8.29. The molecule has 1 heterocycles. The van der Waals surface area contributed by atoms with Gasteiger partial charge in [-0.2, -0.15) is 0 Å². The molecule has 3 aromatic carbocycles. The van der Waals surface area contributed by atoms with Crippen molar-refractivity contribution >= 4 is 43.1 Å². The minimum atomic E-state index is 0.0563. The molecule has 1 aromatic heterocycles. The van der Waals surface area contributed by atoms with Gasteiger partial charge in [0.05, 0.1) is 6.61 Å². The highest BCUT2D eigenvalue weighted by atomic mass is 79.9. The second-order valence-corrected chi connectivity index (χ2v) is 8.25. The van der Waals surface area contributed by atoms with E-state index in [0.717, 1.165) is 49.0 Å². The number of benzene rings is 3. The fraction of sp³-hybridized carbons (Fsp3) is 0.125. The number of aryl methyl sites for hydroxylation is 1. The van der Waals surface area contributed by atoms with Gasteiger partial charge in [-0.25, -0.2) is 0 Å². The van der Waals surface area contributed by atoms with Crippen molar-refractivity contribution in [3.63, 3.8) is 0 Å². The normalized spacial score (nSPS) is 10.9. The number of carbonyl (C=O) groups is 1. The number of rotatable bonds is 6. The van der Waals surface area contributed by atoms with E-state index in [2.05, 4.69) is 22.0 Å². The van der Waals surface area contributed by atoms with Crippen LogP contribution in [0.15, 0.2) is 72.1 Å². The highest BCUT2D eigenvalue weighted by molar-refractivity contribution is 9.09. The van der Waals surface area contributed by atoms with E-state index < -0.39 is 0 Å². The molecule has 2 nitrogen and oxygen atoms in total. The molecule has 0 amide bonds. The number of ketones is 1. The largest absolute Gasteiger partial charge is 0.493 e. The van der Waals surface area contributed by atoms with Crippen molar-refractivity contribution < 1.29 is 9.53 Å². The quantitative estimate of drug-likeness (QED) is 0.236. The maximum Gasteiger partial charge on any atom is 0.195 e. The van der Waals surface area contributed by atoms with Crippen LogP contribution in [-0.2, 0) is 0 Å². The molecule has 0 atom stereocenters. The van der Waals surface area contributed by atoms with Gasteiger partial charge >= 0.3 is 0 Å². The van der Waals surface area contributed by atoms with Crippen molar-refractivity contribution in [2.24, 2.45) is 0 Å². The fourth-order valence-corrected chi connectivity index (χ4v) is 4.53. The van der Waals surface area contributed by atoms with E-state index in [1.54, 1.807) is 11.3 Å². The Morgan fingerprint density at radius 2 is 1.79 bits per heavy atom. The van der Waals surface area contributed by atoms with Crippen LogP contribution in [0.25, 0.3) is 21.2 Å². The van der Waals surface area contributed by atoms with Crippen LogP contribution in [0.5, 0.6) is 5.75 Å². The van der Waals surface area contributed by atoms with Gasteiger partial charge in [-0.15, -0.1) is 11.3 Å². The summed E-state index contributed by atoms with van der Waals surface area (Å²) in [5.74, 6) is 0.836. The van der Waals surface area contributed by atoms with E-state index in [0.29, 0.717) is 6.61 Å². The monoisotopic (exact) mass is 450 g/mol. The Hall–Kier alpha value is -2.43. The van der Waals surface area contributed by atoms with Gasteiger partial charge in [0.2, 0.25) is 0 Å². The summed E-state index contributed by atoms with van der Waals surface area (Å²) in [5.41, 5.74) is 4.34. The Kier molecular flexibility index (Phi) is 5.60. The van der Waals surface area contributed by atoms with Crippen LogP contribution in [0.3, 0.4) is 0 Å². The average Bonchev–Trinajstić information content (AvgIpc) is 3.16. The van der Waals surface area contributed by atoms with Crippen LogP contribution < -0.4 is 4.74 Å². The lowest BCUT2D eigenvalue weighted by molar-refractivity contribution is 0.104. The summed E-state index contributed by atoms with van der Waals surface area (Å²) in [6.45, 7) is 2.56. The number of ether oxygens (including phenoxy) is 1. The summed E-state index contributed by atoms with van der Waals surface area (Å²) in [6, 6.07) is 22.0. The summed E-state index contributed by atoms with van der Waals surface area (Å²) < 4.78 is 6.96. The van der Waals surface area contributed by atoms with Gasteiger partial charge in [0.1, 0.15) is 5.75 Å². The smallest absolute Gasteiger partial charge is 0.195 e. The number of hydrogen-bond donors (Lipinski definition) is 0. The molecule has 0 bridgehead atoms. The van der Waals surface area contributed by atoms with E-state index >= 15 is 0 Å². The van der Waals surface area contributed by atoms with Crippen molar-refractivity contribution in [3.8, 4) is 16.9 Å². The van der Waals surface area contributed by atoms with Crippen LogP contribution in [0.2, 0.25) is 0 Å². The molecule has 0 aliphatic carbocycles. The van der Waals surface area contributed by atoms with Crippen LogP contribution in [0, 0.1) is 6.92 Å². The first kappa shape index (κ1) is 18.9. The number of carbonyl (C=O) groups excluding carboxylic acids is 1. The maximum atomic E-state index is 13.6. The third-order valence-electron chi connectivity index (χ3n) is 4.69. The van der Waals surface area contributed by atoms with E-state index in [-0.39, 0.29) is 5.78 Å². The summed E-state index contributed by atoms with van der Waals surface area (Å²) in [4.78, 5) is 13.6. The molecule has 0 aliphatic heterocycles. The molecule has 4 aromatic rings. The topological polar surface area (TPSA) is 26.3 Å². The summed E-state index contributed by atoms with van der Waals surface area (Å²) in [7, 11) is 0. The first-order valence-electron chi connectivity index (χ1n) is 9.09. The maximum absolute atomic E-state index is 13.6. The second-order valence-electron chi connectivity index (χ2n) is 6.54. The third kappa shape index (κ3) is 3.62. The van der Waals surface area contributed by atoms with Gasteiger partial charge in [0, 0.05) is 31.9 Å². The van der Waals surface area contributed by atoms with Crippen LogP contribution in [-0.4, -0.2) is 17.7 Å². The predicted molar refractivity (Wildman–Crippen MR) is 121 cm³/mol. The Labute approximate surface area is 176 Å². The van der Waals surface area contributed by atoms with Gasteiger partial charge in [-0.3, -0.25) is 4.79 Å². The molecule has 4 heteroatoms. The highest BCUT2D eigenvalue weighted by Gasteiger charge is 2.21. The predicted octanol–water partition coefficient (Wildman–Crippen LogP) is 6.88. The van der Waals surface area contributed by atoms with Gasteiger partial charge in [-0.05, 0) is 41.8 Å². The third-order valence-corrected chi connectivity index (χ3v) is 5.98. The van der Waals surface area contributed by atoms with E-state index in [1.165, 1.54) is 0 Å². The lowest BCUT2D eigenvalue weighted by Crippen LogP contribution is -2.07. The van der Waals surface area contributed by atoms with Gasteiger partial charge in [-0.1, -0.05) is 64.5 Å². The number of fused-ring (bicyclic) bond motifs is 1. The molecular formula is C24H19BrO2S. The molecule has 0 fully saturated rings. The summed E-state index contributed by atoms with van der Waals surface area (Å²) in [5, 5.41) is 3.74. The first-order chi connectivity index (χ1) is 13.7. The molecule has 0 saturated heterocycles. The molecule has 0 saturated carbocycles. The van der Waals surface area contributed by atoms with E-state index in [4.69, 9.17) is 4.74 Å². The van der Waals surface area contributed by atoms with Gasteiger partial charge in [0.15, 0.2) is 5.78 Å². The van der Waals surface area contributed by atoms with Crippen LogP contribution in [0.1, 0.15) is 21.5 Å². The Morgan fingerprint density at radius 3 is 2.57 bits per heavy atom. The number of halogens is 1. The zero-order chi connectivity index (χ0) is 19.5.